The summed E-state index contributed by atoms with van der Waals surface area (Å²) in [6.45, 7) is 0. The minimum atomic E-state index is -2.55. The first kappa shape index (κ1) is 54.6. The number of fused-ring (bicyclic) bond motifs is 21. The van der Waals surface area contributed by atoms with Crippen LogP contribution in [0.15, 0.2) is 403 Å². The van der Waals surface area contributed by atoms with Crippen LogP contribution in [0.4, 0.5) is 68.2 Å². The standard InChI is InChI=1S/C91H60N4S2/c1-7-31-61(32-8-1)92(62-33-9-2-10-34-62)67-55-78-88-84(57-67)96(80-51-27-21-45-72(80)73-46-22-28-52-81(73)96)86-59-69(94(65-39-15-5-16-40-65)66-41-17-6-18-42-66)60-87-90(86)95(88)89-79(91(78)76-49-25-19-43-70(76)71-44-20-26-50-77(71)91)56-68(93(63-35-11-3-12-36-63)64-37-13-4-14-38-64)58-85(89)97(87)82-53-29-23-47-74(82)75-48-24-30-54-83(75)97/h1-60H. The van der Waals surface area contributed by atoms with E-state index in [0.29, 0.717) is 0 Å². The van der Waals surface area contributed by atoms with Crippen LogP contribution in [0.25, 0.3) is 33.4 Å². The number of nitrogens with zero attached hydrogens (tertiary/aromatic N) is 4. The molecule has 6 aliphatic rings. The second kappa shape index (κ2) is 20.6. The van der Waals surface area contributed by atoms with Crippen molar-refractivity contribution in [3.63, 3.8) is 0 Å². The van der Waals surface area contributed by atoms with Crippen LogP contribution in [-0.4, -0.2) is 0 Å². The molecule has 5 heterocycles. The van der Waals surface area contributed by atoms with Crippen molar-refractivity contribution in [2.45, 2.75) is 44.6 Å². The lowest BCUT2D eigenvalue weighted by molar-refractivity contribution is 0.737. The average molecular weight is 1270 g/mol. The van der Waals surface area contributed by atoms with Crippen molar-refractivity contribution in [1.29, 1.82) is 0 Å². The van der Waals surface area contributed by atoms with Crippen molar-refractivity contribution in [3.8, 4) is 33.4 Å². The zero-order valence-electron chi connectivity index (χ0n) is 52.7. The van der Waals surface area contributed by atoms with Crippen molar-refractivity contribution in [3.05, 3.63) is 386 Å². The van der Waals surface area contributed by atoms with Gasteiger partial charge >= 0.3 is 0 Å². The molecule has 0 unspecified atom stereocenters. The molecule has 5 aliphatic heterocycles. The first-order chi connectivity index (χ1) is 48.2. The molecule has 0 N–H and O–H groups in total. The van der Waals surface area contributed by atoms with Gasteiger partial charge in [0.2, 0.25) is 0 Å². The molecule has 4 nitrogen and oxygen atoms in total. The van der Waals surface area contributed by atoms with E-state index in [-0.39, 0.29) is 0 Å². The first-order valence-corrected chi connectivity index (χ1v) is 36.7. The molecular formula is C91H60N4S2. The topological polar surface area (TPSA) is 13.0 Å². The van der Waals surface area contributed by atoms with Gasteiger partial charge in [-0.25, -0.2) is 0 Å². The molecule has 97 heavy (non-hydrogen) atoms. The summed E-state index contributed by atoms with van der Waals surface area (Å²) in [7, 11) is -5.11. The molecule has 6 heteroatoms. The Morgan fingerprint density at radius 1 is 0.186 bits per heavy atom. The van der Waals surface area contributed by atoms with E-state index >= 15 is 0 Å². The molecule has 0 radical (unpaired) electrons. The van der Waals surface area contributed by atoms with Crippen LogP contribution >= 0.6 is 20.1 Å². The number of hydrogen-bond acceptors (Lipinski definition) is 4. The Labute approximate surface area is 568 Å². The van der Waals surface area contributed by atoms with Crippen molar-refractivity contribution in [1.82, 2.24) is 0 Å². The van der Waals surface area contributed by atoms with Crippen molar-refractivity contribution >= 4 is 88.3 Å². The van der Waals surface area contributed by atoms with Gasteiger partial charge in [-0.05, 0) is 189 Å². The first-order valence-electron chi connectivity index (χ1n) is 33.5. The second-order valence-electron chi connectivity index (χ2n) is 25.9. The van der Waals surface area contributed by atoms with Crippen LogP contribution in [0, 0.1) is 0 Å². The third kappa shape index (κ3) is 7.14. The van der Waals surface area contributed by atoms with Gasteiger partial charge in [0.1, 0.15) is 0 Å². The zero-order valence-corrected chi connectivity index (χ0v) is 54.4. The summed E-state index contributed by atoms with van der Waals surface area (Å²) in [6.07, 6.45) is 0. The van der Waals surface area contributed by atoms with Gasteiger partial charge in [0.15, 0.2) is 0 Å². The lowest BCUT2D eigenvalue weighted by Gasteiger charge is -2.59. The van der Waals surface area contributed by atoms with E-state index in [2.05, 4.69) is 384 Å². The quantitative estimate of drug-likeness (QED) is 0.143. The molecule has 0 aromatic heterocycles. The summed E-state index contributed by atoms with van der Waals surface area (Å²) in [4.78, 5) is 21.2. The Morgan fingerprint density at radius 2 is 0.412 bits per heavy atom. The van der Waals surface area contributed by atoms with E-state index in [1.165, 1.54) is 112 Å². The Hall–Kier alpha value is -11.8. The molecule has 0 saturated heterocycles. The fraction of sp³-hybridized carbons (Fsp3) is 0.0110. The van der Waals surface area contributed by atoms with Crippen molar-refractivity contribution < 1.29 is 0 Å². The van der Waals surface area contributed by atoms with Gasteiger partial charge < -0.3 is 19.6 Å². The monoisotopic (exact) mass is 1270 g/mol. The molecule has 1 aliphatic carbocycles. The van der Waals surface area contributed by atoms with E-state index in [0.717, 1.165) is 51.2 Å². The summed E-state index contributed by atoms with van der Waals surface area (Å²) in [5, 5.41) is 0. The van der Waals surface area contributed by atoms with E-state index in [4.69, 9.17) is 0 Å². The smallest absolute Gasteiger partial charge is 0.0756 e. The fourth-order valence-corrected chi connectivity index (χ4v) is 26.9. The van der Waals surface area contributed by atoms with Crippen LogP contribution in [-0.2, 0) is 5.41 Å². The molecular weight excluding hydrogens is 1210 g/mol. The molecule has 0 saturated carbocycles. The summed E-state index contributed by atoms with van der Waals surface area (Å²) in [5.74, 6) is 0. The molecule has 3 spiro atoms. The SMILES string of the molecule is c1ccc(N(c2ccccc2)c2cc3c4c(c2)S2(c5ccccc5-c5ccccc52)c2cc(N(c5ccccc5)c5ccccc5)cc5c2N4c2c(cc(N(c4ccccc4)c4ccccc4)cc2S52c4ccccc4-c4ccccc42)C32c3ccccc3-c3ccccc32)cc1. The van der Waals surface area contributed by atoms with Crippen LogP contribution in [0.1, 0.15) is 22.3 Å². The Balaban J connectivity index is 1.05. The van der Waals surface area contributed by atoms with Gasteiger partial charge in [-0.3, -0.25) is 0 Å². The maximum Gasteiger partial charge on any atom is 0.0756 e. The lowest BCUT2D eigenvalue weighted by atomic mass is 9.64. The number of anilines is 12. The van der Waals surface area contributed by atoms with Crippen molar-refractivity contribution in [2.24, 2.45) is 0 Å². The largest absolute Gasteiger partial charge is 0.310 e. The maximum absolute atomic E-state index is 2.87. The molecule has 0 amide bonds. The number of benzene rings is 15. The van der Waals surface area contributed by atoms with Crippen molar-refractivity contribution in [2.75, 3.05) is 19.6 Å². The molecule has 0 atom stereocenters. The number of para-hydroxylation sites is 6. The second-order valence-corrected chi connectivity index (χ2v) is 31.8. The van der Waals surface area contributed by atoms with E-state index < -0.39 is 25.5 Å². The number of rotatable bonds is 9. The van der Waals surface area contributed by atoms with E-state index in [1.54, 1.807) is 0 Å². The highest BCUT2D eigenvalue weighted by atomic mass is 32.3. The van der Waals surface area contributed by atoms with E-state index in [1.807, 2.05) is 0 Å². The van der Waals surface area contributed by atoms with Crippen LogP contribution in [0.2, 0.25) is 0 Å². The maximum atomic E-state index is 2.87. The minimum Gasteiger partial charge on any atom is -0.310 e. The molecule has 15 aromatic rings. The van der Waals surface area contributed by atoms with Crippen LogP contribution < -0.4 is 19.6 Å². The van der Waals surface area contributed by atoms with Crippen LogP contribution in [0.5, 0.6) is 0 Å². The predicted octanol–water partition coefficient (Wildman–Crippen LogP) is 25.5. The molecule has 15 aromatic carbocycles. The summed E-state index contributed by atoms with van der Waals surface area (Å²) in [6, 6.07) is 139. The predicted molar refractivity (Wildman–Crippen MR) is 401 cm³/mol. The van der Waals surface area contributed by atoms with Gasteiger partial charge in [0.05, 0.1) is 22.5 Å². The van der Waals surface area contributed by atoms with Gasteiger partial charge in [0.25, 0.3) is 0 Å². The number of hydrogen-bond donors (Lipinski definition) is 0. The highest BCUT2D eigenvalue weighted by molar-refractivity contribution is 8.35. The minimum absolute atomic E-state index is 0.898. The Kier molecular flexibility index (Phi) is 11.6. The molecule has 0 fully saturated rings. The normalized spacial score (nSPS) is 15.1. The Morgan fingerprint density at radius 3 is 0.701 bits per heavy atom. The molecule has 21 rings (SSSR count). The van der Waals surface area contributed by atoms with Crippen LogP contribution in [0.3, 0.4) is 0 Å². The third-order valence-electron chi connectivity index (χ3n) is 21.2. The summed E-state index contributed by atoms with van der Waals surface area (Å²) < 4.78 is 0. The molecule has 456 valence electrons. The highest BCUT2D eigenvalue weighted by Gasteiger charge is 2.63. The van der Waals surface area contributed by atoms with Gasteiger partial charge in [-0.15, -0.1) is 20.1 Å². The van der Waals surface area contributed by atoms with Gasteiger partial charge in [-0.2, -0.15) is 0 Å². The van der Waals surface area contributed by atoms with Gasteiger partial charge in [-0.1, -0.05) is 231 Å². The Bertz CT molecular complexity index is 4840. The van der Waals surface area contributed by atoms with E-state index in [9.17, 15) is 0 Å². The summed E-state index contributed by atoms with van der Waals surface area (Å²) in [5.41, 5.74) is 25.5. The average Bonchev–Trinajstić information content (AvgIpc) is 1.60. The summed E-state index contributed by atoms with van der Waals surface area (Å²) >= 11 is 0. The highest BCUT2D eigenvalue weighted by Crippen LogP contribution is 2.93. The third-order valence-corrected chi connectivity index (χ3v) is 29.2. The van der Waals surface area contributed by atoms with Gasteiger partial charge in [0, 0.05) is 90.4 Å². The fourth-order valence-electron chi connectivity index (χ4n) is 17.7. The zero-order chi connectivity index (χ0) is 63.6. The lowest BCUT2D eigenvalue weighted by Crippen LogP contribution is -2.41. The molecule has 0 bridgehead atoms.